The van der Waals surface area contributed by atoms with Crippen LogP contribution >= 0.6 is 15.9 Å². The van der Waals surface area contributed by atoms with Gasteiger partial charge in [0.25, 0.3) is 0 Å². The number of hydrogen-bond acceptors (Lipinski definition) is 2. The zero-order chi connectivity index (χ0) is 13.0. The van der Waals surface area contributed by atoms with E-state index in [1.807, 2.05) is 24.3 Å². The largest absolute Gasteiger partial charge is 0.326 e. The number of halogens is 1. The molecule has 96 valence electrons. The van der Waals surface area contributed by atoms with Crippen LogP contribution in [0.2, 0.25) is 0 Å². The van der Waals surface area contributed by atoms with Crippen molar-refractivity contribution in [3.63, 3.8) is 0 Å². The fraction of sp³-hybridized carbons (Fsp3) is 0.385. The molecule has 1 aliphatic rings. The fourth-order valence-electron chi connectivity index (χ4n) is 1.98. The van der Waals surface area contributed by atoms with Gasteiger partial charge in [-0.1, -0.05) is 22.0 Å². The Morgan fingerprint density at radius 1 is 1.44 bits per heavy atom. The van der Waals surface area contributed by atoms with Crippen LogP contribution in [-0.4, -0.2) is 23.7 Å². The first kappa shape index (κ1) is 13.1. The average molecular weight is 311 g/mol. The summed E-state index contributed by atoms with van der Waals surface area (Å²) < 4.78 is 0. The second kappa shape index (κ2) is 6.00. The molecular weight excluding hydrogens is 296 g/mol. The lowest BCUT2D eigenvalue weighted by Crippen LogP contribution is -2.23. The summed E-state index contributed by atoms with van der Waals surface area (Å²) in [6, 6.07) is 7.42. The summed E-state index contributed by atoms with van der Waals surface area (Å²) in [6.45, 7) is 0.762. The molecule has 2 amide bonds. The predicted molar refractivity (Wildman–Crippen MR) is 75.1 cm³/mol. The van der Waals surface area contributed by atoms with Crippen molar-refractivity contribution in [2.24, 2.45) is 0 Å². The summed E-state index contributed by atoms with van der Waals surface area (Å²) in [5, 5.41) is 3.46. The van der Waals surface area contributed by atoms with Crippen molar-refractivity contribution in [2.75, 3.05) is 22.1 Å². The first-order chi connectivity index (χ1) is 8.70. The summed E-state index contributed by atoms with van der Waals surface area (Å²) in [4.78, 5) is 24.9. The Bertz CT molecular complexity index is 462. The lowest BCUT2D eigenvalue weighted by Gasteiger charge is -2.16. The van der Waals surface area contributed by atoms with Crippen LogP contribution in [0.1, 0.15) is 19.3 Å². The van der Waals surface area contributed by atoms with Gasteiger partial charge in [-0.15, -0.1) is 0 Å². The molecule has 4 nitrogen and oxygen atoms in total. The number of nitrogens with one attached hydrogen (secondary N) is 1. The number of carbonyl (C=O) groups excluding carboxylic acids is 2. The zero-order valence-corrected chi connectivity index (χ0v) is 11.6. The summed E-state index contributed by atoms with van der Waals surface area (Å²) in [7, 11) is 0. The van der Waals surface area contributed by atoms with E-state index in [0.717, 1.165) is 24.3 Å². The molecule has 0 aromatic heterocycles. The highest BCUT2D eigenvalue weighted by atomic mass is 79.9. The number of amides is 2. The molecule has 1 aromatic rings. The monoisotopic (exact) mass is 310 g/mol. The molecule has 0 bridgehead atoms. The lowest BCUT2D eigenvalue weighted by atomic mass is 10.2. The van der Waals surface area contributed by atoms with Crippen LogP contribution < -0.4 is 10.2 Å². The number of benzene rings is 1. The van der Waals surface area contributed by atoms with Gasteiger partial charge in [0.1, 0.15) is 0 Å². The SMILES string of the molecule is O=C(CCBr)Nc1cccc(N2CCCC2=O)c1. The smallest absolute Gasteiger partial charge is 0.227 e. The van der Waals surface area contributed by atoms with Gasteiger partial charge in [-0.2, -0.15) is 0 Å². The highest BCUT2D eigenvalue weighted by molar-refractivity contribution is 9.09. The van der Waals surface area contributed by atoms with Gasteiger partial charge in [0.2, 0.25) is 11.8 Å². The molecule has 1 fully saturated rings. The molecule has 0 radical (unpaired) electrons. The first-order valence-corrected chi connectivity index (χ1v) is 7.09. The summed E-state index contributed by atoms with van der Waals surface area (Å²) in [5.74, 6) is 0.121. The quantitative estimate of drug-likeness (QED) is 0.869. The number of anilines is 2. The van der Waals surface area contributed by atoms with Gasteiger partial charge in [-0.25, -0.2) is 0 Å². The van der Waals surface area contributed by atoms with Crippen LogP contribution in [0.3, 0.4) is 0 Å². The second-order valence-electron chi connectivity index (χ2n) is 4.19. The van der Waals surface area contributed by atoms with Crippen molar-refractivity contribution >= 4 is 39.1 Å². The molecule has 5 heteroatoms. The number of nitrogens with zero attached hydrogens (tertiary/aromatic N) is 1. The Hall–Kier alpha value is -1.36. The van der Waals surface area contributed by atoms with Crippen LogP contribution in [0.15, 0.2) is 24.3 Å². The number of carbonyl (C=O) groups is 2. The minimum Gasteiger partial charge on any atom is -0.326 e. The van der Waals surface area contributed by atoms with Crippen molar-refractivity contribution in [3.05, 3.63) is 24.3 Å². The Kier molecular flexibility index (Phi) is 4.36. The van der Waals surface area contributed by atoms with E-state index < -0.39 is 0 Å². The first-order valence-electron chi connectivity index (χ1n) is 5.97. The van der Waals surface area contributed by atoms with Crippen LogP contribution in [0.5, 0.6) is 0 Å². The van der Waals surface area contributed by atoms with Crippen molar-refractivity contribution in [2.45, 2.75) is 19.3 Å². The molecule has 1 aliphatic heterocycles. The van der Waals surface area contributed by atoms with Gasteiger partial charge in [-0.05, 0) is 24.6 Å². The van der Waals surface area contributed by atoms with E-state index in [-0.39, 0.29) is 11.8 Å². The topological polar surface area (TPSA) is 49.4 Å². The van der Waals surface area contributed by atoms with Crippen LogP contribution in [0, 0.1) is 0 Å². The van der Waals surface area contributed by atoms with Crippen LogP contribution in [-0.2, 0) is 9.59 Å². The summed E-state index contributed by atoms with van der Waals surface area (Å²) in [6.07, 6.45) is 1.95. The number of alkyl halides is 1. The van der Waals surface area contributed by atoms with Gasteiger partial charge < -0.3 is 10.2 Å². The minimum atomic E-state index is -0.0308. The third-order valence-electron chi connectivity index (χ3n) is 2.84. The Labute approximate surface area is 114 Å². The van der Waals surface area contributed by atoms with Crippen LogP contribution in [0.4, 0.5) is 11.4 Å². The molecule has 0 atom stereocenters. The molecule has 1 heterocycles. The normalized spacial score (nSPS) is 14.9. The van der Waals surface area contributed by atoms with E-state index in [2.05, 4.69) is 21.2 Å². The third kappa shape index (κ3) is 3.10. The number of rotatable bonds is 4. The maximum atomic E-state index is 11.6. The Morgan fingerprint density at radius 3 is 2.94 bits per heavy atom. The van der Waals surface area contributed by atoms with E-state index in [0.29, 0.717) is 18.2 Å². The Morgan fingerprint density at radius 2 is 2.28 bits per heavy atom. The van der Waals surface area contributed by atoms with E-state index in [1.54, 1.807) is 4.90 Å². The van der Waals surface area contributed by atoms with Crippen molar-refractivity contribution in [1.29, 1.82) is 0 Å². The molecule has 0 aliphatic carbocycles. The number of hydrogen-bond donors (Lipinski definition) is 1. The molecule has 0 saturated carbocycles. The molecule has 18 heavy (non-hydrogen) atoms. The highest BCUT2D eigenvalue weighted by Gasteiger charge is 2.21. The predicted octanol–water partition coefficient (Wildman–Crippen LogP) is 2.54. The average Bonchev–Trinajstić information content (AvgIpc) is 2.76. The maximum Gasteiger partial charge on any atom is 0.227 e. The fourth-order valence-corrected chi connectivity index (χ4v) is 2.34. The van der Waals surface area contributed by atoms with Crippen molar-refractivity contribution in [1.82, 2.24) is 0 Å². The van der Waals surface area contributed by atoms with Gasteiger partial charge in [0.05, 0.1) is 0 Å². The Balaban J connectivity index is 2.10. The van der Waals surface area contributed by atoms with Gasteiger partial charge in [0.15, 0.2) is 0 Å². The molecule has 1 aromatic carbocycles. The molecule has 1 saturated heterocycles. The lowest BCUT2D eigenvalue weighted by molar-refractivity contribution is -0.117. The van der Waals surface area contributed by atoms with Gasteiger partial charge in [-0.3, -0.25) is 9.59 Å². The summed E-state index contributed by atoms with van der Waals surface area (Å²) in [5.41, 5.74) is 1.59. The molecule has 1 N–H and O–H groups in total. The van der Waals surface area contributed by atoms with Crippen molar-refractivity contribution < 1.29 is 9.59 Å². The van der Waals surface area contributed by atoms with E-state index >= 15 is 0 Å². The molecule has 0 unspecified atom stereocenters. The van der Waals surface area contributed by atoms with Gasteiger partial charge >= 0.3 is 0 Å². The minimum absolute atomic E-state index is 0.0308. The summed E-state index contributed by atoms with van der Waals surface area (Å²) >= 11 is 3.23. The third-order valence-corrected chi connectivity index (χ3v) is 3.23. The van der Waals surface area contributed by atoms with E-state index in [9.17, 15) is 9.59 Å². The second-order valence-corrected chi connectivity index (χ2v) is 4.98. The van der Waals surface area contributed by atoms with E-state index in [4.69, 9.17) is 0 Å². The maximum absolute atomic E-state index is 11.6. The van der Waals surface area contributed by atoms with Crippen molar-refractivity contribution in [3.8, 4) is 0 Å². The van der Waals surface area contributed by atoms with Crippen LogP contribution in [0.25, 0.3) is 0 Å². The molecule has 0 spiro atoms. The van der Waals surface area contributed by atoms with E-state index in [1.165, 1.54) is 0 Å². The standard InChI is InChI=1S/C13H15BrN2O2/c14-7-6-12(17)15-10-3-1-4-11(9-10)16-8-2-5-13(16)18/h1,3-4,9H,2,5-8H2,(H,15,17). The zero-order valence-electron chi connectivity index (χ0n) is 9.99. The van der Waals surface area contributed by atoms with Gasteiger partial charge in [0, 0.05) is 36.1 Å². The molecule has 2 rings (SSSR count). The molecular formula is C13H15BrN2O2. The highest BCUT2D eigenvalue weighted by Crippen LogP contribution is 2.24.